The van der Waals surface area contributed by atoms with Crippen molar-refractivity contribution in [1.82, 2.24) is 14.5 Å². The van der Waals surface area contributed by atoms with Gasteiger partial charge < -0.3 is 0 Å². The van der Waals surface area contributed by atoms with Crippen molar-refractivity contribution in [2.24, 2.45) is 0 Å². The third-order valence-electron chi connectivity index (χ3n) is 4.45. The standard InChI is InChI=1S/C13H21N3O2S/c17-19(18,12-4-2-1-3-5-12)16-9-7-11(10-16)13-6-8-14-15-13/h6,8,11-12H,1-5,7,9-10H2,(H,14,15)/t11-/m0/s1. The number of sulfonamides is 1. The molecule has 0 amide bonds. The molecule has 1 saturated heterocycles. The Morgan fingerprint density at radius 2 is 2.00 bits per heavy atom. The number of nitrogens with one attached hydrogen (secondary N) is 1. The lowest BCUT2D eigenvalue weighted by Crippen LogP contribution is -2.38. The van der Waals surface area contributed by atoms with E-state index in [4.69, 9.17) is 0 Å². The number of hydrogen-bond acceptors (Lipinski definition) is 3. The molecule has 3 rings (SSSR count). The van der Waals surface area contributed by atoms with E-state index < -0.39 is 10.0 Å². The molecule has 0 spiro atoms. The van der Waals surface area contributed by atoms with Crippen LogP contribution in [0.15, 0.2) is 12.3 Å². The van der Waals surface area contributed by atoms with Crippen LogP contribution in [-0.2, 0) is 10.0 Å². The number of aromatic amines is 1. The molecular weight excluding hydrogens is 262 g/mol. The van der Waals surface area contributed by atoms with E-state index in [0.29, 0.717) is 13.1 Å². The summed E-state index contributed by atoms with van der Waals surface area (Å²) < 4.78 is 26.9. The highest BCUT2D eigenvalue weighted by Crippen LogP contribution is 2.32. The van der Waals surface area contributed by atoms with Gasteiger partial charge in [0.1, 0.15) is 0 Å². The van der Waals surface area contributed by atoms with Gasteiger partial charge in [-0.15, -0.1) is 0 Å². The van der Waals surface area contributed by atoms with Gasteiger partial charge >= 0.3 is 0 Å². The predicted molar refractivity (Wildman–Crippen MR) is 73.3 cm³/mol. The lowest BCUT2D eigenvalue weighted by Gasteiger charge is -2.26. The molecule has 106 valence electrons. The van der Waals surface area contributed by atoms with Crippen LogP contribution in [0, 0.1) is 0 Å². The summed E-state index contributed by atoms with van der Waals surface area (Å²) in [6, 6.07) is 1.95. The average molecular weight is 283 g/mol. The summed E-state index contributed by atoms with van der Waals surface area (Å²) in [5, 5.41) is 6.77. The highest BCUT2D eigenvalue weighted by atomic mass is 32.2. The summed E-state index contributed by atoms with van der Waals surface area (Å²) in [5.74, 6) is 0.279. The molecule has 0 aromatic carbocycles. The van der Waals surface area contributed by atoms with Crippen LogP contribution in [0.4, 0.5) is 0 Å². The van der Waals surface area contributed by atoms with E-state index in [0.717, 1.165) is 37.8 Å². The van der Waals surface area contributed by atoms with E-state index in [1.807, 2.05) is 6.07 Å². The maximum atomic E-state index is 12.6. The number of aromatic nitrogens is 2. The SMILES string of the molecule is O=S(=O)(C1CCCCC1)N1CC[C@H](c2ccn[nH]2)C1. The van der Waals surface area contributed by atoms with Gasteiger partial charge in [-0.1, -0.05) is 19.3 Å². The van der Waals surface area contributed by atoms with Crippen LogP contribution in [0.5, 0.6) is 0 Å². The Morgan fingerprint density at radius 1 is 1.21 bits per heavy atom. The van der Waals surface area contributed by atoms with E-state index >= 15 is 0 Å². The molecule has 6 heteroatoms. The number of H-pyrrole nitrogens is 1. The Morgan fingerprint density at radius 3 is 2.68 bits per heavy atom. The van der Waals surface area contributed by atoms with Crippen LogP contribution in [0.2, 0.25) is 0 Å². The monoisotopic (exact) mass is 283 g/mol. The second-order valence-corrected chi connectivity index (χ2v) is 7.87. The predicted octanol–water partition coefficient (Wildman–Crippen LogP) is 1.86. The minimum atomic E-state index is -3.09. The molecule has 0 radical (unpaired) electrons. The summed E-state index contributed by atoms with van der Waals surface area (Å²) in [6.07, 6.45) is 7.61. The van der Waals surface area contributed by atoms with Crippen molar-refractivity contribution in [3.05, 3.63) is 18.0 Å². The van der Waals surface area contributed by atoms with Crippen LogP contribution in [0.1, 0.15) is 50.1 Å². The van der Waals surface area contributed by atoms with Crippen LogP contribution >= 0.6 is 0 Å². The molecule has 1 aromatic rings. The number of nitrogens with zero attached hydrogens (tertiary/aromatic N) is 2. The Kier molecular flexibility index (Phi) is 3.62. The zero-order chi connectivity index (χ0) is 13.3. The van der Waals surface area contributed by atoms with Crippen molar-refractivity contribution in [2.45, 2.75) is 49.7 Å². The van der Waals surface area contributed by atoms with Crippen molar-refractivity contribution in [1.29, 1.82) is 0 Å². The van der Waals surface area contributed by atoms with Gasteiger partial charge in [0.2, 0.25) is 10.0 Å². The van der Waals surface area contributed by atoms with Crippen molar-refractivity contribution in [3.8, 4) is 0 Å². The minimum absolute atomic E-state index is 0.137. The molecular formula is C13H21N3O2S. The fourth-order valence-electron chi connectivity index (χ4n) is 3.28. The van der Waals surface area contributed by atoms with E-state index in [2.05, 4.69) is 10.2 Å². The maximum Gasteiger partial charge on any atom is 0.217 e. The van der Waals surface area contributed by atoms with E-state index in [9.17, 15) is 8.42 Å². The maximum absolute atomic E-state index is 12.6. The molecule has 1 atom stereocenters. The van der Waals surface area contributed by atoms with Crippen LogP contribution < -0.4 is 0 Å². The van der Waals surface area contributed by atoms with E-state index in [1.165, 1.54) is 6.42 Å². The third-order valence-corrected chi connectivity index (χ3v) is 6.81. The molecule has 5 nitrogen and oxygen atoms in total. The Hall–Kier alpha value is -0.880. The smallest absolute Gasteiger partial charge is 0.217 e. The second kappa shape index (κ2) is 5.25. The summed E-state index contributed by atoms with van der Waals surface area (Å²) in [6.45, 7) is 1.27. The first kappa shape index (κ1) is 13.1. The minimum Gasteiger partial charge on any atom is -0.282 e. The lowest BCUT2D eigenvalue weighted by atomic mass is 10.0. The molecule has 2 fully saturated rings. The van der Waals surface area contributed by atoms with Gasteiger partial charge in [0.25, 0.3) is 0 Å². The van der Waals surface area contributed by atoms with Crippen molar-refractivity contribution in [3.63, 3.8) is 0 Å². The molecule has 1 aliphatic heterocycles. The molecule has 2 aliphatic rings. The van der Waals surface area contributed by atoms with E-state index in [-0.39, 0.29) is 11.2 Å². The molecule has 0 unspecified atom stereocenters. The van der Waals surface area contributed by atoms with Gasteiger partial charge in [0, 0.05) is 30.9 Å². The first-order valence-electron chi connectivity index (χ1n) is 7.16. The molecule has 0 bridgehead atoms. The highest BCUT2D eigenvalue weighted by Gasteiger charge is 2.37. The molecule has 19 heavy (non-hydrogen) atoms. The van der Waals surface area contributed by atoms with Gasteiger partial charge in [0.05, 0.1) is 5.25 Å². The molecule has 2 heterocycles. The molecule has 1 aliphatic carbocycles. The average Bonchev–Trinajstić information content (AvgIpc) is 3.10. The largest absolute Gasteiger partial charge is 0.282 e. The summed E-state index contributed by atoms with van der Waals surface area (Å²) in [4.78, 5) is 0. The second-order valence-electron chi connectivity index (χ2n) is 5.66. The zero-order valence-corrected chi connectivity index (χ0v) is 11.9. The van der Waals surface area contributed by atoms with E-state index in [1.54, 1.807) is 10.5 Å². The Bertz CT molecular complexity index is 506. The first-order valence-corrected chi connectivity index (χ1v) is 8.66. The van der Waals surface area contributed by atoms with Gasteiger partial charge in [-0.05, 0) is 25.3 Å². The van der Waals surface area contributed by atoms with Gasteiger partial charge in [-0.3, -0.25) is 5.10 Å². The van der Waals surface area contributed by atoms with Crippen molar-refractivity contribution in [2.75, 3.05) is 13.1 Å². The lowest BCUT2D eigenvalue weighted by molar-refractivity contribution is 0.426. The fraction of sp³-hybridized carbons (Fsp3) is 0.769. The summed E-state index contributed by atoms with van der Waals surface area (Å²) >= 11 is 0. The van der Waals surface area contributed by atoms with Crippen molar-refractivity contribution >= 4 is 10.0 Å². The van der Waals surface area contributed by atoms with Crippen LogP contribution in [0.25, 0.3) is 0 Å². The Labute approximate surface area is 114 Å². The first-order chi connectivity index (χ1) is 9.18. The quantitative estimate of drug-likeness (QED) is 0.920. The normalized spacial score (nSPS) is 26.8. The number of rotatable bonds is 3. The number of hydrogen-bond donors (Lipinski definition) is 1. The summed E-state index contributed by atoms with van der Waals surface area (Å²) in [5.41, 5.74) is 1.06. The molecule has 1 saturated carbocycles. The summed E-state index contributed by atoms with van der Waals surface area (Å²) in [7, 11) is -3.09. The van der Waals surface area contributed by atoms with Crippen LogP contribution in [0.3, 0.4) is 0 Å². The molecule has 1 N–H and O–H groups in total. The van der Waals surface area contributed by atoms with Crippen LogP contribution in [-0.4, -0.2) is 41.3 Å². The zero-order valence-electron chi connectivity index (χ0n) is 11.1. The van der Waals surface area contributed by atoms with Crippen molar-refractivity contribution < 1.29 is 8.42 Å². The third kappa shape index (κ3) is 2.56. The van der Waals surface area contributed by atoms with Gasteiger partial charge in [-0.2, -0.15) is 5.10 Å². The Balaban J connectivity index is 1.69. The van der Waals surface area contributed by atoms with Gasteiger partial charge in [0.15, 0.2) is 0 Å². The topological polar surface area (TPSA) is 66.1 Å². The fourth-order valence-corrected chi connectivity index (χ4v) is 5.38. The molecule has 1 aromatic heterocycles. The van der Waals surface area contributed by atoms with Gasteiger partial charge in [-0.25, -0.2) is 12.7 Å². The highest BCUT2D eigenvalue weighted by molar-refractivity contribution is 7.89.